The molecule has 0 radical (unpaired) electrons. The monoisotopic (exact) mass is 259 g/mol. The molecule has 1 aromatic rings. The van der Waals surface area contributed by atoms with Crippen LogP contribution in [-0.2, 0) is 17.9 Å². The van der Waals surface area contributed by atoms with Crippen LogP contribution in [0.2, 0.25) is 0 Å². The molecule has 2 aliphatic rings. The van der Waals surface area contributed by atoms with Crippen molar-refractivity contribution in [3.8, 4) is 0 Å². The quantitative estimate of drug-likeness (QED) is 0.365. The van der Waals surface area contributed by atoms with Crippen molar-refractivity contribution in [2.45, 2.75) is 32.4 Å². The maximum atomic E-state index is 12.7. The summed E-state index contributed by atoms with van der Waals surface area (Å²) in [4.78, 5) is 14.5. The third-order valence-electron chi connectivity index (χ3n) is 4.34. The van der Waals surface area contributed by atoms with Gasteiger partial charge in [0.1, 0.15) is 5.41 Å². The lowest BCUT2D eigenvalue weighted by Crippen LogP contribution is -2.54. The molecule has 1 aliphatic heterocycles. The van der Waals surface area contributed by atoms with Gasteiger partial charge in [-0.25, -0.2) is 0 Å². The van der Waals surface area contributed by atoms with Gasteiger partial charge in [0.15, 0.2) is 5.84 Å². The molecule has 0 saturated heterocycles. The van der Waals surface area contributed by atoms with E-state index in [1.165, 1.54) is 11.1 Å². The molecular weight excluding hydrogens is 242 g/mol. The second kappa shape index (κ2) is 4.26. The number of benzene rings is 1. The van der Waals surface area contributed by atoms with Gasteiger partial charge in [-0.2, -0.15) is 0 Å². The number of nitrogens with two attached hydrogens (primary N) is 1. The van der Waals surface area contributed by atoms with Crippen LogP contribution in [-0.4, -0.2) is 21.8 Å². The average molecular weight is 259 g/mol. The molecule has 0 aromatic heterocycles. The summed E-state index contributed by atoms with van der Waals surface area (Å²) in [6.07, 6.45) is 2.30. The number of amides is 1. The van der Waals surface area contributed by atoms with E-state index in [0.29, 0.717) is 25.9 Å². The van der Waals surface area contributed by atoms with Crippen LogP contribution in [0.3, 0.4) is 0 Å². The maximum Gasteiger partial charge on any atom is 0.237 e. The van der Waals surface area contributed by atoms with Crippen molar-refractivity contribution in [3.05, 3.63) is 35.4 Å². The van der Waals surface area contributed by atoms with Gasteiger partial charge in [0, 0.05) is 13.1 Å². The molecule has 3 rings (SSSR count). The molecule has 5 nitrogen and oxygen atoms in total. The molecule has 1 aliphatic carbocycles. The van der Waals surface area contributed by atoms with E-state index >= 15 is 0 Å². The Balaban J connectivity index is 1.83. The summed E-state index contributed by atoms with van der Waals surface area (Å²) >= 11 is 0. The van der Waals surface area contributed by atoms with Gasteiger partial charge in [0.25, 0.3) is 0 Å². The van der Waals surface area contributed by atoms with Crippen molar-refractivity contribution in [3.63, 3.8) is 0 Å². The zero-order valence-corrected chi connectivity index (χ0v) is 10.7. The minimum atomic E-state index is -0.767. The van der Waals surface area contributed by atoms with Crippen molar-refractivity contribution in [1.82, 2.24) is 4.90 Å². The lowest BCUT2D eigenvalue weighted by molar-refractivity contribution is -0.142. The van der Waals surface area contributed by atoms with Gasteiger partial charge in [-0.15, -0.1) is 0 Å². The number of hydrogen-bond donors (Lipinski definition) is 2. The van der Waals surface area contributed by atoms with Gasteiger partial charge >= 0.3 is 0 Å². The third kappa shape index (κ3) is 1.69. The van der Waals surface area contributed by atoms with Crippen LogP contribution < -0.4 is 5.73 Å². The normalized spacial score (nSPS) is 20.8. The Hall–Kier alpha value is -2.04. The number of nitrogens with zero attached hydrogens (tertiary/aromatic N) is 2. The number of amidine groups is 1. The topological polar surface area (TPSA) is 78.9 Å². The first-order valence-electron chi connectivity index (χ1n) is 6.51. The van der Waals surface area contributed by atoms with Gasteiger partial charge in [-0.3, -0.25) is 4.79 Å². The van der Waals surface area contributed by atoms with Crippen LogP contribution in [0.5, 0.6) is 0 Å². The molecule has 1 saturated carbocycles. The van der Waals surface area contributed by atoms with E-state index in [0.717, 1.165) is 6.42 Å². The summed E-state index contributed by atoms with van der Waals surface area (Å²) in [5.74, 6) is 0.0463. The van der Waals surface area contributed by atoms with E-state index in [4.69, 9.17) is 10.9 Å². The number of oxime groups is 1. The smallest absolute Gasteiger partial charge is 0.237 e. The molecular formula is C14H17N3O2. The highest BCUT2D eigenvalue weighted by Crippen LogP contribution is 2.44. The second-order valence-electron chi connectivity index (χ2n) is 5.35. The van der Waals surface area contributed by atoms with Gasteiger partial charge in [-0.05, 0) is 24.0 Å². The molecule has 1 aromatic carbocycles. The highest BCUT2D eigenvalue weighted by molar-refractivity contribution is 6.07. The number of fused-ring (bicyclic) bond motifs is 1. The van der Waals surface area contributed by atoms with Gasteiger partial charge < -0.3 is 15.8 Å². The summed E-state index contributed by atoms with van der Waals surface area (Å²) in [6, 6.07) is 8.05. The third-order valence-corrected chi connectivity index (χ3v) is 4.34. The zero-order valence-electron chi connectivity index (χ0n) is 10.7. The van der Waals surface area contributed by atoms with Crippen LogP contribution in [0, 0.1) is 5.41 Å². The molecule has 1 heterocycles. The van der Waals surface area contributed by atoms with E-state index < -0.39 is 5.41 Å². The van der Waals surface area contributed by atoms with E-state index in [9.17, 15) is 4.79 Å². The van der Waals surface area contributed by atoms with Crippen molar-refractivity contribution in [2.75, 3.05) is 0 Å². The van der Waals surface area contributed by atoms with Gasteiger partial charge in [-0.1, -0.05) is 35.8 Å². The number of hydrogen-bond acceptors (Lipinski definition) is 3. The standard InChI is InChI=1S/C14H17N3O2/c15-12(16-19)14(6-3-7-14)13(18)17-8-10-4-1-2-5-11(10)9-17/h1-2,4-5,19H,3,6-9H2,(H2,15,16). The summed E-state index contributed by atoms with van der Waals surface area (Å²) in [5, 5.41) is 12.0. The molecule has 100 valence electrons. The summed E-state index contributed by atoms with van der Waals surface area (Å²) in [7, 11) is 0. The van der Waals surface area contributed by atoms with Crippen LogP contribution in [0.4, 0.5) is 0 Å². The zero-order chi connectivity index (χ0) is 13.5. The van der Waals surface area contributed by atoms with Crippen LogP contribution in [0.25, 0.3) is 0 Å². The average Bonchev–Trinajstić information content (AvgIpc) is 2.80. The van der Waals surface area contributed by atoms with E-state index in [2.05, 4.69) is 5.16 Å². The minimum Gasteiger partial charge on any atom is -0.409 e. The Morgan fingerprint density at radius 1 is 1.26 bits per heavy atom. The Labute approximate surface area is 111 Å². The Bertz CT molecular complexity index is 524. The van der Waals surface area contributed by atoms with Crippen molar-refractivity contribution in [2.24, 2.45) is 16.3 Å². The predicted octanol–water partition coefficient (Wildman–Crippen LogP) is 1.45. The fraction of sp³-hybridized carbons (Fsp3) is 0.429. The lowest BCUT2D eigenvalue weighted by atomic mass is 9.67. The first-order valence-corrected chi connectivity index (χ1v) is 6.51. The van der Waals surface area contributed by atoms with Crippen LogP contribution in [0.1, 0.15) is 30.4 Å². The van der Waals surface area contributed by atoms with Gasteiger partial charge in [0.05, 0.1) is 0 Å². The number of carbonyl (C=O) groups is 1. The van der Waals surface area contributed by atoms with E-state index in [1.54, 1.807) is 0 Å². The fourth-order valence-electron chi connectivity index (χ4n) is 2.99. The molecule has 1 fully saturated rings. The Kier molecular flexibility index (Phi) is 2.69. The maximum absolute atomic E-state index is 12.7. The number of rotatable bonds is 2. The second-order valence-corrected chi connectivity index (χ2v) is 5.35. The van der Waals surface area contributed by atoms with Crippen LogP contribution >= 0.6 is 0 Å². The molecule has 0 atom stereocenters. The first-order chi connectivity index (χ1) is 9.17. The molecule has 5 heteroatoms. The minimum absolute atomic E-state index is 0.00903. The predicted molar refractivity (Wildman–Crippen MR) is 70.4 cm³/mol. The highest BCUT2D eigenvalue weighted by Gasteiger charge is 2.50. The number of carbonyl (C=O) groups excluding carboxylic acids is 1. The van der Waals surface area contributed by atoms with Crippen molar-refractivity contribution in [1.29, 1.82) is 0 Å². The summed E-state index contributed by atoms with van der Waals surface area (Å²) in [5.41, 5.74) is 7.34. The lowest BCUT2D eigenvalue weighted by Gasteiger charge is -2.41. The summed E-state index contributed by atoms with van der Waals surface area (Å²) < 4.78 is 0. The molecule has 0 spiro atoms. The van der Waals surface area contributed by atoms with Crippen molar-refractivity contribution >= 4 is 11.7 Å². The van der Waals surface area contributed by atoms with Gasteiger partial charge in [0.2, 0.25) is 5.91 Å². The molecule has 1 amide bonds. The Morgan fingerprint density at radius 2 is 1.84 bits per heavy atom. The highest BCUT2D eigenvalue weighted by atomic mass is 16.4. The molecule has 3 N–H and O–H groups in total. The first kappa shape index (κ1) is 12.0. The SMILES string of the molecule is N/C(=N/O)C1(C(=O)N2Cc3ccccc3C2)CCC1. The Morgan fingerprint density at radius 3 is 2.26 bits per heavy atom. The van der Waals surface area contributed by atoms with Crippen LogP contribution in [0.15, 0.2) is 29.4 Å². The van der Waals surface area contributed by atoms with E-state index in [-0.39, 0.29) is 11.7 Å². The molecule has 0 unspecified atom stereocenters. The molecule has 0 bridgehead atoms. The summed E-state index contributed by atoms with van der Waals surface area (Å²) in [6.45, 7) is 1.24. The largest absolute Gasteiger partial charge is 0.409 e. The molecule has 19 heavy (non-hydrogen) atoms. The fourth-order valence-corrected chi connectivity index (χ4v) is 2.99. The van der Waals surface area contributed by atoms with Crippen molar-refractivity contribution < 1.29 is 10.0 Å². The van der Waals surface area contributed by atoms with E-state index in [1.807, 2.05) is 29.2 Å².